The van der Waals surface area contributed by atoms with Crippen LogP contribution in [0.1, 0.15) is 45.1 Å². The highest BCUT2D eigenvalue weighted by Crippen LogP contribution is 2.14. The van der Waals surface area contributed by atoms with E-state index in [0.29, 0.717) is 18.9 Å². The van der Waals surface area contributed by atoms with Gasteiger partial charge in [0.2, 0.25) is 5.91 Å². The molecule has 1 aliphatic heterocycles. The molecule has 0 bridgehead atoms. The Hall–Kier alpha value is -1.56. The second kappa shape index (κ2) is 10.6. The van der Waals surface area contributed by atoms with Crippen LogP contribution < -0.4 is 10.6 Å². The molecule has 2 rings (SSSR count). The van der Waals surface area contributed by atoms with E-state index >= 15 is 0 Å². The number of piperidine rings is 1. The van der Waals surface area contributed by atoms with Crippen molar-refractivity contribution in [1.82, 2.24) is 15.5 Å². The number of likely N-dealkylation sites (tertiary alicyclic amines) is 1. The number of hydrogen-bond donors (Lipinski definition) is 2. The Labute approximate surface area is 165 Å². The molecule has 0 radical (unpaired) electrons. The number of benzene rings is 1. The van der Waals surface area contributed by atoms with Gasteiger partial charge in [-0.25, -0.2) is 4.79 Å². The quantitative estimate of drug-likeness (QED) is 0.656. The Morgan fingerprint density at radius 3 is 2.65 bits per heavy atom. The minimum absolute atomic E-state index is 0.105. The Morgan fingerprint density at radius 2 is 2.00 bits per heavy atom. The molecule has 5 nitrogen and oxygen atoms in total. The third-order valence-electron chi connectivity index (χ3n) is 4.58. The molecule has 1 heterocycles. The number of nitrogens with one attached hydrogen (secondary N) is 2. The second-order valence-corrected chi connectivity index (χ2v) is 8.30. The number of hydrogen-bond acceptors (Lipinski definition) is 2. The summed E-state index contributed by atoms with van der Waals surface area (Å²) in [7, 11) is 0. The van der Waals surface area contributed by atoms with E-state index in [1.807, 2.05) is 17.0 Å². The van der Waals surface area contributed by atoms with E-state index in [-0.39, 0.29) is 18.0 Å². The van der Waals surface area contributed by atoms with Crippen molar-refractivity contribution in [2.75, 3.05) is 19.6 Å². The van der Waals surface area contributed by atoms with Gasteiger partial charge >= 0.3 is 6.03 Å². The van der Waals surface area contributed by atoms with Crippen molar-refractivity contribution in [2.45, 2.75) is 52.0 Å². The van der Waals surface area contributed by atoms with Crippen LogP contribution in [0.5, 0.6) is 0 Å². The zero-order valence-corrected chi connectivity index (χ0v) is 17.3. The van der Waals surface area contributed by atoms with Crippen LogP contribution in [-0.2, 0) is 11.2 Å². The SMILES string of the molecule is CC(C)CC(=O)N1CCC(NC(=O)NCCCc2cccc(Br)c2)CC1. The average molecular weight is 424 g/mol. The number of nitrogens with zero attached hydrogens (tertiary/aromatic N) is 1. The standard InChI is InChI=1S/C20H30BrN3O2/c1-15(2)13-19(25)24-11-8-18(9-12-24)23-20(26)22-10-4-6-16-5-3-7-17(21)14-16/h3,5,7,14-15,18H,4,6,8-13H2,1-2H3,(H2,22,23,26). The van der Waals surface area contributed by atoms with Gasteiger partial charge in [0.05, 0.1) is 0 Å². The van der Waals surface area contributed by atoms with Crippen LogP contribution in [0.15, 0.2) is 28.7 Å². The number of aryl methyl sites for hydroxylation is 1. The molecule has 144 valence electrons. The fraction of sp³-hybridized carbons (Fsp3) is 0.600. The van der Waals surface area contributed by atoms with Gasteiger partial charge in [-0.1, -0.05) is 41.9 Å². The van der Waals surface area contributed by atoms with Gasteiger partial charge in [-0.15, -0.1) is 0 Å². The van der Waals surface area contributed by atoms with Crippen LogP contribution in [0, 0.1) is 5.92 Å². The second-order valence-electron chi connectivity index (χ2n) is 7.39. The van der Waals surface area contributed by atoms with E-state index in [2.05, 4.69) is 52.5 Å². The van der Waals surface area contributed by atoms with Crippen LogP contribution in [0.2, 0.25) is 0 Å². The molecule has 1 aromatic carbocycles. The third kappa shape index (κ3) is 7.36. The van der Waals surface area contributed by atoms with Gasteiger partial charge < -0.3 is 15.5 Å². The fourth-order valence-electron chi connectivity index (χ4n) is 3.17. The summed E-state index contributed by atoms with van der Waals surface area (Å²) in [5, 5.41) is 5.96. The zero-order chi connectivity index (χ0) is 18.9. The summed E-state index contributed by atoms with van der Waals surface area (Å²) in [6.45, 7) is 6.25. The normalized spacial score (nSPS) is 15.2. The molecule has 2 N–H and O–H groups in total. The topological polar surface area (TPSA) is 61.4 Å². The number of amides is 3. The molecule has 0 saturated carbocycles. The molecule has 3 amide bonds. The van der Waals surface area contributed by atoms with E-state index < -0.39 is 0 Å². The van der Waals surface area contributed by atoms with Crippen molar-refractivity contribution >= 4 is 27.9 Å². The third-order valence-corrected chi connectivity index (χ3v) is 5.08. The monoisotopic (exact) mass is 423 g/mol. The first-order valence-corrected chi connectivity index (χ1v) is 10.3. The molecule has 1 saturated heterocycles. The predicted molar refractivity (Wildman–Crippen MR) is 108 cm³/mol. The maximum Gasteiger partial charge on any atom is 0.315 e. The number of carbonyl (C=O) groups is 2. The number of urea groups is 1. The lowest BCUT2D eigenvalue weighted by atomic mass is 10.0. The van der Waals surface area contributed by atoms with Crippen molar-refractivity contribution < 1.29 is 9.59 Å². The van der Waals surface area contributed by atoms with Gasteiger partial charge in [0.25, 0.3) is 0 Å². The lowest BCUT2D eigenvalue weighted by Gasteiger charge is -2.32. The maximum absolute atomic E-state index is 12.1. The first kappa shape index (κ1) is 20.7. The highest BCUT2D eigenvalue weighted by atomic mass is 79.9. The zero-order valence-electron chi connectivity index (χ0n) is 15.8. The van der Waals surface area contributed by atoms with Gasteiger partial charge in [-0.05, 0) is 49.3 Å². The van der Waals surface area contributed by atoms with Crippen molar-refractivity contribution in [3.8, 4) is 0 Å². The van der Waals surface area contributed by atoms with E-state index in [1.165, 1.54) is 5.56 Å². The minimum atomic E-state index is -0.105. The van der Waals surface area contributed by atoms with Crippen LogP contribution in [0.4, 0.5) is 4.79 Å². The Morgan fingerprint density at radius 1 is 1.27 bits per heavy atom. The molecular formula is C20H30BrN3O2. The van der Waals surface area contributed by atoms with E-state index in [1.54, 1.807) is 0 Å². The fourth-order valence-corrected chi connectivity index (χ4v) is 3.62. The van der Waals surface area contributed by atoms with Crippen LogP contribution >= 0.6 is 15.9 Å². The van der Waals surface area contributed by atoms with Crippen molar-refractivity contribution in [3.63, 3.8) is 0 Å². The highest BCUT2D eigenvalue weighted by molar-refractivity contribution is 9.10. The lowest BCUT2D eigenvalue weighted by molar-refractivity contribution is -0.133. The van der Waals surface area contributed by atoms with Crippen LogP contribution in [-0.4, -0.2) is 42.5 Å². The smallest absolute Gasteiger partial charge is 0.315 e. The van der Waals surface area contributed by atoms with Crippen LogP contribution in [0.25, 0.3) is 0 Å². The first-order chi connectivity index (χ1) is 12.4. The lowest BCUT2D eigenvalue weighted by Crippen LogP contribution is -2.49. The van der Waals surface area contributed by atoms with E-state index in [9.17, 15) is 9.59 Å². The average Bonchev–Trinajstić information content (AvgIpc) is 2.59. The summed E-state index contributed by atoms with van der Waals surface area (Å²) >= 11 is 3.47. The molecule has 0 unspecified atom stereocenters. The summed E-state index contributed by atoms with van der Waals surface area (Å²) in [6.07, 6.45) is 4.11. The molecule has 0 atom stereocenters. The summed E-state index contributed by atoms with van der Waals surface area (Å²) in [5.41, 5.74) is 1.26. The van der Waals surface area contributed by atoms with Crippen molar-refractivity contribution in [3.05, 3.63) is 34.3 Å². The van der Waals surface area contributed by atoms with Gasteiger partial charge in [0, 0.05) is 36.6 Å². The summed E-state index contributed by atoms with van der Waals surface area (Å²) in [6, 6.07) is 8.29. The summed E-state index contributed by atoms with van der Waals surface area (Å²) in [4.78, 5) is 26.0. The Kier molecular flexibility index (Phi) is 8.42. The minimum Gasteiger partial charge on any atom is -0.343 e. The highest BCUT2D eigenvalue weighted by Gasteiger charge is 2.23. The molecule has 1 aliphatic rings. The largest absolute Gasteiger partial charge is 0.343 e. The van der Waals surface area contributed by atoms with Crippen molar-refractivity contribution in [1.29, 1.82) is 0 Å². The van der Waals surface area contributed by atoms with Gasteiger partial charge in [0.15, 0.2) is 0 Å². The molecule has 0 spiro atoms. The van der Waals surface area contributed by atoms with Gasteiger partial charge in [0.1, 0.15) is 0 Å². The molecule has 1 aromatic rings. The van der Waals surface area contributed by atoms with E-state index in [0.717, 1.165) is 43.2 Å². The molecule has 6 heteroatoms. The molecule has 26 heavy (non-hydrogen) atoms. The molecule has 1 fully saturated rings. The number of rotatable bonds is 7. The van der Waals surface area contributed by atoms with Gasteiger partial charge in [-0.2, -0.15) is 0 Å². The number of carbonyl (C=O) groups excluding carboxylic acids is 2. The van der Waals surface area contributed by atoms with Crippen molar-refractivity contribution in [2.24, 2.45) is 5.92 Å². The van der Waals surface area contributed by atoms with E-state index in [4.69, 9.17) is 0 Å². The molecule has 0 aliphatic carbocycles. The van der Waals surface area contributed by atoms with Gasteiger partial charge in [-0.3, -0.25) is 4.79 Å². The first-order valence-electron chi connectivity index (χ1n) is 9.50. The maximum atomic E-state index is 12.1. The van der Waals surface area contributed by atoms with Crippen LogP contribution in [0.3, 0.4) is 0 Å². The summed E-state index contributed by atoms with van der Waals surface area (Å²) in [5.74, 6) is 0.622. The predicted octanol–water partition coefficient (Wildman–Crippen LogP) is 3.72. The Balaban J connectivity index is 1.59. The number of halogens is 1. The molecule has 0 aromatic heterocycles. The Bertz CT molecular complexity index is 598. The summed E-state index contributed by atoms with van der Waals surface area (Å²) < 4.78 is 1.08. The molecular weight excluding hydrogens is 394 g/mol.